The molecule has 0 fully saturated rings. The Morgan fingerprint density at radius 2 is 0.536 bits per heavy atom. The molecule has 6 heteroatoms. The first-order chi connectivity index (χ1) is 34.0. The molecule has 0 aliphatic heterocycles. The van der Waals surface area contributed by atoms with Crippen LogP contribution in [0.4, 0.5) is 0 Å². The Bertz CT molecular complexity index is 1160. The Morgan fingerprint density at radius 1 is 0.290 bits per heavy atom. The second-order valence-corrected chi connectivity index (χ2v) is 20.6. The van der Waals surface area contributed by atoms with E-state index in [-0.39, 0.29) is 31.1 Å². The van der Waals surface area contributed by atoms with Crippen molar-refractivity contribution in [2.24, 2.45) is 0 Å². The van der Waals surface area contributed by atoms with E-state index >= 15 is 0 Å². The number of unbranched alkanes of at least 4 members (excludes halogenated alkanes) is 39. The molecule has 0 rings (SSSR count). The van der Waals surface area contributed by atoms with Gasteiger partial charge in [0.1, 0.15) is 13.2 Å². The minimum atomic E-state index is -0.776. The summed E-state index contributed by atoms with van der Waals surface area (Å²) in [7, 11) is 0. The van der Waals surface area contributed by atoms with Gasteiger partial charge in [-0.05, 0) is 70.6 Å². The molecule has 0 radical (unpaired) electrons. The molecule has 69 heavy (non-hydrogen) atoms. The molecule has 0 saturated carbocycles. The Balaban J connectivity index is 4.33. The van der Waals surface area contributed by atoms with Gasteiger partial charge >= 0.3 is 17.9 Å². The number of hydrogen-bond acceptors (Lipinski definition) is 6. The van der Waals surface area contributed by atoms with Gasteiger partial charge in [0, 0.05) is 19.3 Å². The first-order valence-corrected chi connectivity index (χ1v) is 30.5. The lowest BCUT2D eigenvalue weighted by atomic mass is 10.0. The van der Waals surface area contributed by atoms with Gasteiger partial charge in [0.25, 0.3) is 0 Å². The summed E-state index contributed by atoms with van der Waals surface area (Å²) in [5, 5.41) is 0. The zero-order valence-corrected chi connectivity index (χ0v) is 46.3. The highest BCUT2D eigenvalue weighted by Gasteiger charge is 2.19. The van der Waals surface area contributed by atoms with Gasteiger partial charge in [-0.1, -0.05) is 276 Å². The topological polar surface area (TPSA) is 78.9 Å². The number of carbonyl (C=O) groups excluding carboxylic acids is 3. The summed E-state index contributed by atoms with van der Waals surface area (Å²) in [6.07, 6.45) is 69.9. The third-order valence-electron chi connectivity index (χ3n) is 13.6. The van der Waals surface area contributed by atoms with Crippen LogP contribution in [0, 0.1) is 0 Å². The Labute approximate surface area is 429 Å². The van der Waals surface area contributed by atoms with Gasteiger partial charge in [-0.2, -0.15) is 0 Å². The second-order valence-electron chi connectivity index (χ2n) is 20.6. The quantitative estimate of drug-likeness (QED) is 0.0261. The summed E-state index contributed by atoms with van der Waals surface area (Å²) >= 11 is 0. The average molecular weight is 970 g/mol. The normalized spacial score (nSPS) is 12.2. The number of ether oxygens (including phenoxy) is 3. The molecule has 0 N–H and O–H groups in total. The lowest BCUT2D eigenvalue weighted by molar-refractivity contribution is -0.167. The van der Waals surface area contributed by atoms with Gasteiger partial charge in [0.15, 0.2) is 6.10 Å². The summed E-state index contributed by atoms with van der Waals surface area (Å²) in [5.74, 6) is -0.869. The van der Waals surface area contributed by atoms with Crippen LogP contribution in [0.3, 0.4) is 0 Å². The molecule has 0 aliphatic rings. The van der Waals surface area contributed by atoms with E-state index in [1.165, 1.54) is 212 Å². The van der Waals surface area contributed by atoms with E-state index < -0.39 is 6.10 Å². The maximum absolute atomic E-state index is 12.9. The standard InChI is InChI=1S/C63H116O6/c1-4-7-10-13-16-19-22-25-28-30-32-34-35-38-41-44-47-50-53-56-62(65)68-59-60(58-67-61(64)55-52-49-46-43-40-37-27-24-21-18-15-12-9-6-3)69-63(66)57-54-51-48-45-42-39-36-33-31-29-26-23-20-17-14-11-8-5-2/h15,18,24-25,27-28,60H,4-14,16-17,19-23,26,29-59H2,1-3H3/b18-15-,27-24-,28-25-/t60-/m1/s1. The van der Waals surface area contributed by atoms with E-state index in [1.807, 2.05) is 0 Å². The van der Waals surface area contributed by atoms with Crippen molar-refractivity contribution in [1.82, 2.24) is 0 Å². The molecular weight excluding hydrogens is 853 g/mol. The summed E-state index contributed by atoms with van der Waals surface area (Å²) in [6, 6.07) is 0. The van der Waals surface area contributed by atoms with E-state index in [2.05, 4.69) is 57.2 Å². The van der Waals surface area contributed by atoms with E-state index in [0.717, 1.165) is 77.0 Å². The number of allylic oxidation sites excluding steroid dienone is 6. The van der Waals surface area contributed by atoms with Crippen molar-refractivity contribution in [3.8, 4) is 0 Å². The van der Waals surface area contributed by atoms with Crippen LogP contribution in [-0.2, 0) is 28.6 Å². The van der Waals surface area contributed by atoms with E-state index in [4.69, 9.17) is 14.2 Å². The third kappa shape index (κ3) is 56.4. The fourth-order valence-corrected chi connectivity index (χ4v) is 8.99. The van der Waals surface area contributed by atoms with E-state index in [1.54, 1.807) is 0 Å². The first kappa shape index (κ1) is 66.6. The van der Waals surface area contributed by atoms with Crippen LogP contribution in [-0.4, -0.2) is 37.2 Å². The molecule has 0 amide bonds. The molecule has 1 atom stereocenters. The fourth-order valence-electron chi connectivity index (χ4n) is 8.99. The maximum Gasteiger partial charge on any atom is 0.306 e. The molecule has 0 saturated heterocycles. The molecule has 0 unspecified atom stereocenters. The molecule has 0 aromatic heterocycles. The van der Waals surface area contributed by atoms with Gasteiger partial charge in [-0.25, -0.2) is 0 Å². The van der Waals surface area contributed by atoms with Crippen LogP contribution in [0.15, 0.2) is 36.5 Å². The van der Waals surface area contributed by atoms with Crippen LogP contribution >= 0.6 is 0 Å². The smallest absolute Gasteiger partial charge is 0.306 e. The number of hydrogen-bond donors (Lipinski definition) is 0. The molecular formula is C63H116O6. The van der Waals surface area contributed by atoms with E-state index in [9.17, 15) is 14.4 Å². The van der Waals surface area contributed by atoms with Crippen molar-refractivity contribution in [3.63, 3.8) is 0 Å². The maximum atomic E-state index is 12.9. The predicted molar refractivity (Wildman–Crippen MR) is 298 cm³/mol. The van der Waals surface area contributed by atoms with Crippen LogP contribution in [0.2, 0.25) is 0 Å². The largest absolute Gasteiger partial charge is 0.462 e. The summed E-state index contributed by atoms with van der Waals surface area (Å²) < 4.78 is 16.9. The fraction of sp³-hybridized carbons (Fsp3) is 0.857. The molecule has 0 spiro atoms. The highest BCUT2D eigenvalue weighted by atomic mass is 16.6. The Morgan fingerprint density at radius 3 is 0.855 bits per heavy atom. The molecule has 0 aromatic carbocycles. The molecule has 0 aromatic rings. The highest BCUT2D eigenvalue weighted by molar-refractivity contribution is 5.71. The Hall–Kier alpha value is -2.37. The number of rotatable bonds is 56. The van der Waals surface area contributed by atoms with Gasteiger partial charge in [0.2, 0.25) is 0 Å². The van der Waals surface area contributed by atoms with Gasteiger partial charge in [0.05, 0.1) is 0 Å². The molecule has 6 nitrogen and oxygen atoms in total. The highest BCUT2D eigenvalue weighted by Crippen LogP contribution is 2.17. The zero-order valence-electron chi connectivity index (χ0n) is 46.3. The van der Waals surface area contributed by atoms with Gasteiger partial charge < -0.3 is 14.2 Å². The molecule has 404 valence electrons. The van der Waals surface area contributed by atoms with E-state index in [0.29, 0.717) is 19.3 Å². The number of carbonyl (C=O) groups is 3. The summed E-state index contributed by atoms with van der Waals surface area (Å²) in [5.41, 5.74) is 0. The Kier molecular flexibility index (Phi) is 56.2. The SMILES string of the molecule is CCCC/C=C\C/C=C\CCCCCCCC(=O)OC[C@H](COC(=O)CCCCCCCCCCC/C=C\CCCCCCCC)OC(=O)CCCCCCCCCCCCCCCCCCCC. The van der Waals surface area contributed by atoms with Crippen molar-refractivity contribution in [2.75, 3.05) is 13.2 Å². The summed E-state index contributed by atoms with van der Waals surface area (Å²) in [6.45, 7) is 6.63. The summed E-state index contributed by atoms with van der Waals surface area (Å²) in [4.78, 5) is 38.2. The molecule has 0 bridgehead atoms. The minimum Gasteiger partial charge on any atom is -0.462 e. The van der Waals surface area contributed by atoms with Crippen molar-refractivity contribution >= 4 is 17.9 Å². The zero-order chi connectivity index (χ0) is 50.0. The van der Waals surface area contributed by atoms with Crippen molar-refractivity contribution < 1.29 is 28.6 Å². The predicted octanol–water partition coefficient (Wildman–Crippen LogP) is 20.4. The van der Waals surface area contributed by atoms with Gasteiger partial charge in [-0.3, -0.25) is 14.4 Å². The molecule has 0 heterocycles. The van der Waals surface area contributed by atoms with Crippen molar-refractivity contribution in [2.45, 2.75) is 335 Å². The van der Waals surface area contributed by atoms with Crippen LogP contribution in [0.5, 0.6) is 0 Å². The molecule has 0 aliphatic carbocycles. The minimum absolute atomic E-state index is 0.0739. The van der Waals surface area contributed by atoms with Crippen LogP contribution < -0.4 is 0 Å². The third-order valence-corrected chi connectivity index (χ3v) is 13.6. The first-order valence-electron chi connectivity index (χ1n) is 30.5. The lowest BCUT2D eigenvalue weighted by Gasteiger charge is -2.18. The number of esters is 3. The second kappa shape index (κ2) is 58.2. The van der Waals surface area contributed by atoms with Crippen molar-refractivity contribution in [3.05, 3.63) is 36.5 Å². The van der Waals surface area contributed by atoms with Crippen LogP contribution in [0.25, 0.3) is 0 Å². The van der Waals surface area contributed by atoms with Gasteiger partial charge in [-0.15, -0.1) is 0 Å². The average Bonchev–Trinajstić information content (AvgIpc) is 3.35. The lowest BCUT2D eigenvalue weighted by Crippen LogP contribution is -2.30. The monoisotopic (exact) mass is 969 g/mol. The van der Waals surface area contributed by atoms with Crippen LogP contribution in [0.1, 0.15) is 329 Å². The van der Waals surface area contributed by atoms with Crippen molar-refractivity contribution in [1.29, 1.82) is 0 Å².